The van der Waals surface area contributed by atoms with Gasteiger partial charge in [0.1, 0.15) is 0 Å². The fourth-order valence-corrected chi connectivity index (χ4v) is 4.51. The number of ether oxygens (including phenoxy) is 1. The molecule has 19 heavy (non-hydrogen) atoms. The summed E-state index contributed by atoms with van der Waals surface area (Å²) in [6.07, 6.45) is 9.35. The van der Waals surface area contributed by atoms with Gasteiger partial charge in [0.15, 0.2) is 0 Å². The Morgan fingerprint density at radius 3 is 2.37 bits per heavy atom. The quantitative estimate of drug-likeness (QED) is 0.813. The molecule has 0 aromatic carbocycles. The van der Waals surface area contributed by atoms with Gasteiger partial charge in [-0.05, 0) is 50.0 Å². The highest BCUT2D eigenvalue weighted by Crippen LogP contribution is 2.43. The number of hydrogen-bond acceptors (Lipinski definition) is 2. The van der Waals surface area contributed by atoms with Gasteiger partial charge in [-0.2, -0.15) is 0 Å². The second-order valence-corrected chi connectivity index (χ2v) is 7.04. The first-order valence-corrected chi connectivity index (χ1v) is 8.41. The van der Waals surface area contributed by atoms with Crippen molar-refractivity contribution in [3.63, 3.8) is 0 Å². The summed E-state index contributed by atoms with van der Waals surface area (Å²) in [5.74, 6) is 2.58. The SMILES string of the molecule is CCNC(C1CCC(C)C(C)C1)C1(OC)CCCC1. The van der Waals surface area contributed by atoms with Crippen LogP contribution in [0, 0.1) is 17.8 Å². The molecular weight excluding hydrogens is 234 g/mol. The Bertz CT molecular complexity index is 272. The maximum absolute atomic E-state index is 6.07. The molecule has 2 heteroatoms. The van der Waals surface area contributed by atoms with E-state index < -0.39 is 0 Å². The molecule has 1 N–H and O–H groups in total. The predicted molar refractivity (Wildman–Crippen MR) is 81.3 cm³/mol. The highest BCUT2D eigenvalue weighted by Gasteiger charge is 2.45. The third-order valence-corrected chi connectivity index (χ3v) is 5.96. The van der Waals surface area contributed by atoms with Crippen LogP contribution in [0.4, 0.5) is 0 Å². The first-order chi connectivity index (χ1) is 9.13. The van der Waals surface area contributed by atoms with E-state index in [1.807, 2.05) is 7.11 Å². The van der Waals surface area contributed by atoms with E-state index in [0.717, 1.165) is 24.3 Å². The fraction of sp³-hybridized carbons (Fsp3) is 1.00. The van der Waals surface area contributed by atoms with Crippen molar-refractivity contribution in [1.29, 1.82) is 0 Å². The van der Waals surface area contributed by atoms with Crippen molar-refractivity contribution in [1.82, 2.24) is 5.32 Å². The maximum atomic E-state index is 6.07. The first-order valence-electron chi connectivity index (χ1n) is 8.41. The van der Waals surface area contributed by atoms with Crippen LogP contribution < -0.4 is 5.32 Å². The molecule has 0 aromatic rings. The van der Waals surface area contributed by atoms with Crippen molar-refractivity contribution in [3.8, 4) is 0 Å². The smallest absolute Gasteiger partial charge is 0.0833 e. The fourth-order valence-electron chi connectivity index (χ4n) is 4.51. The largest absolute Gasteiger partial charge is 0.377 e. The second-order valence-electron chi connectivity index (χ2n) is 7.04. The number of rotatable bonds is 5. The van der Waals surface area contributed by atoms with Gasteiger partial charge in [-0.25, -0.2) is 0 Å². The molecule has 2 nitrogen and oxygen atoms in total. The molecule has 0 amide bonds. The van der Waals surface area contributed by atoms with Crippen molar-refractivity contribution >= 4 is 0 Å². The molecule has 2 aliphatic rings. The highest BCUT2D eigenvalue weighted by molar-refractivity contribution is 5.01. The average Bonchev–Trinajstić information content (AvgIpc) is 2.89. The third kappa shape index (κ3) is 3.16. The summed E-state index contributed by atoms with van der Waals surface area (Å²) >= 11 is 0. The van der Waals surface area contributed by atoms with Crippen molar-refractivity contribution < 1.29 is 4.74 Å². The minimum absolute atomic E-state index is 0.126. The van der Waals surface area contributed by atoms with Crippen LogP contribution in [0.2, 0.25) is 0 Å². The standard InChI is InChI=1S/C17H33NO/c1-5-18-16(17(19-4)10-6-7-11-17)15-9-8-13(2)14(3)12-15/h13-16,18H,5-12H2,1-4H3. The minimum Gasteiger partial charge on any atom is -0.377 e. The summed E-state index contributed by atoms with van der Waals surface area (Å²) in [5, 5.41) is 3.80. The number of likely N-dealkylation sites (N-methyl/N-ethyl adjacent to an activating group) is 1. The van der Waals surface area contributed by atoms with E-state index in [4.69, 9.17) is 4.74 Å². The molecule has 0 heterocycles. The monoisotopic (exact) mass is 267 g/mol. The normalized spacial score (nSPS) is 36.3. The lowest BCUT2D eigenvalue weighted by Crippen LogP contribution is -2.55. The average molecular weight is 267 g/mol. The van der Waals surface area contributed by atoms with Crippen LogP contribution in [0.5, 0.6) is 0 Å². The summed E-state index contributed by atoms with van der Waals surface area (Å²) in [6.45, 7) is 8.16. The first kappa shape index (κ1) is 15.3. The van der Waals surface area contributed by atoms with Crippen LogP contribution in [-0.2, 0) is 4.74 Å². The van der Waals surface area contributed by atoms with E-state index in [0.29, 0.717) is 6.04 Å². The van der Waals surface area contributed by atoms with Crippen molar-refractivity contribution in [3.05, 3.63) is 0 Å². The molecule has 2 fully saturated rings. The number of nitrogens with one attached hydrogen (secondary N) is 1. The lowest BCUT2D eigenvalue weighted by Gasteiger charge is -2.45. The van der Waals surface area contributed by atoms with E-state index in [9.17, 15) is 0 Å². The van der Waals surface area contributed by atoms with E-state index in [-0.39, 0.29) is 5.60 Å². The molecule has 112 valence electrons. The van der Waals surface area contributed by atoms with E-state index in [1.165, 1.54) is 44.9 Å². The van der Waals surface area contributed by atoms with Gasteiger partial charge in [0, 0.05) is 13.2 Å². The van der Waals surface area contributed by atoms with E-state index in [1.54, 1.807) is 0 Å². The summed E-state index contributed by atoms with van der Waals surface area (Å²) in [6, 6.07) is 0.569. The van der Waals surface area contributed by atoms with Crippen LogP contribution in [0.3, 0.4) is 0 Å². The molecule has 2 rings (SSSR count). The molecule has 4 atom stereocenters. The van der Waals surface area contributed by atoms with E-state index in [2.05, 4.69) is 26.1 Å². The van der Waals surface area contributed by atoms with Gasteiger partial charge in [0.05, 0.1) is 5.60 Å². The van der Waals surface area contributed by atoms with Crippen molar-refractivity contribution in [2.75, 3.05) is 13.7 Å². The molecule has 0 spiro atoms. The number of hydrogen-bond donors (Lipinski definition) is 1. The molecule has 4 unspecified atom stereocenters. The van der Waals surface area contributed by atoms with Crippen molar-refractivity contribution in [2.24, 2.45) is 17.8 Å². The van der Waals surface area contributed by atoms with E-state index >= 15 is 0 Å². The Kier molecular flexibility index (Phi) is 5.30. The van der Waals surface area contributed by atoms with Gasteiger partial charge in [-0.1, -0.05) is 40.0 Å². The highest BCUT2D eigenvalue weighted by atomic mass is 16.5. The van der Waals surface area contributed by atoms with Crippen LogP contribution in [0.15, 0.2) is 0 Å². The number of methoxy groups -OCH3 is 1. The minimum atomic E-state index is 0.126. The zero-order valence-corrected chi connectivity index (χ0v) is 13.4. The molecule has 2 aliphatic carbocycles. The van der Waals surface area contributed by atoms with Gasteiger partial charge in [0.2, 0.25) is 0 Å². The Morgan fingerprint density at radius 1 is 1.16 bits per heavy atom. The summed E-state index contributed by atoms with van der Waals surface area (Å²) in [5.41, 5.74) is 0.126. The lowest BCUT2D eigenvalue weighted by atomic mass is 9.69. The lowest BCUT2D eigenvalue weighted by molar-refractivity contribution is -0.0605. The molecule has 0 aliphatic heterocycles. The van der Waals surface area contributed by atoms with Crippen LogP contribution >= 0.6 is 0 Å². The Labute approximate surface area is 119 Å². The summed E-state index contributed by atoms with van der Waals surface area (Å²) in [7, 11) is 1.94. The molecule has 0 saturated heterocycles. The van der Waals surface area contributed by atoms with Gasteiger partial charge < -0.3 is 10.1 Å². The Morgan fingerprint density at radius 2 is 1.84 bits per heavy atom. The zero-order valence-electron chi connectivity index (χ0n) is 13.4. The molecule has 0 radical (unpaired) electrons. The summed E-state index contributed by atoms with van der Waals surface area (Å²) in [4.78, 5) is 0. The summed E-state index contributed by atoms with van der Waals surface area (Å²) < 4.78 is 6.07. The van der Waals surface area contributed by atoms with Gasteiger partial charge in [0.25, 0.3) is 0 Å². The molecule has 0 bridgehead atoms. The van der Waals surface area contributed by atoms with Crippen LogP contribution in [0.25, 0.3) is 0 Å². The maximum Gasteiger partial charge on any atom is 0.0833 e. The zero-order chi connectivity index (χ0) is 13.9. The Balaban J connectivity index is 2.10. The second kappa shape index (κ2) is 6.58. The molecule has 2 saturated carbocycles. The van der Waals surface area contributed by atoms with Gasteiger partial charge in [-0.3, -0.25) is 0 Å². The van der Waals surface area contributed by atoms with Gasteiger partial charge >= 0.3 is 0 Å². The predicted octanol–water partition coefficient (Wildman–Crippen LogP) is 4.00. The van der Waals surface area contributed by atoms with Crippen LogP contribution in [0.1, 0.15) is 65.7 Å². The van der Waals surface area contributed by atoms with Gasteiger partial charge in [-0.15, -0.1) is 0 Å². The van der Waals surface area contributed by atoms with Crippen molar-refractivity contribution in [2.45, 2.75) is 77.4 Å². The third-order valence-electron chi connectivity index (χ3n) is 5.96. The molecular formula is C17H33NO. The van der Waals surface area contributed by atoms with Crippen LogP contribution in [-0.4, -0.2) is 25.3 Å². The molecule has 0 aromatic heterocycles. The Hall–Kier alpha value is -0.0800. The topological polar surface area (TPSA) is 21.3 Å².